The highest BCUT2D eigenvalue weighted by Gasteiger charge is 2.31. The molecule has 1 atom stereocenters. The molecule has 88 valence electrons. The first-order valence-electron chi connectivity index (χ1n) is 5.91. The molecule has 0 bridgehead atoms. The van der Waals surface area contributed by atoms with Crippen LogP contribution in [0.25, 0.3) is 0 Å². The average Bonchev–Trinajstić information content (AvgIpc) is 2.25. The van der Waals surface area contributed by atoms with Crippen LogP contribution in [0.2, 0.25) is 0 Å². The third kappa shape index (κ3) is 3.49. The Morgan fingerprint density at radius 1 is 1.20 bits per heavy atom. The van der Waals surface area contributed by atoms with Crippen molar-refractivity contribution in [2.24, 2.45) is 5.92 Å². The van der Waals surface area contributed by atoms with Crippen LogP contribution in [-0.4, -0.2) is 10.7 Å². The van der Waals surface area contributed by atoms with Gasteiger partial charge in [-0.25, -0.2) is 0 Å². The molecule has 1 N–H and O–H groups in total. The summed E-state index contributed by atoms with van der Waals surface area (Å²) in [5.74, 6) is 0.541. The van der Waals surface area contributed by atoms with E-state index >= 15 is 0 Å². The Bertz CT molecular complexity index is 230. The highest BCUT2D eigenvalue weighted by molar-refractivity contribution is 5.29. The molecule has 0 radical (unpaired) electrons. The van der Waals surface area contributed by atoms with E-state index in [4.69, 9.17) is 0 Å². The van der Waals surface area contributed by atoms with Crippen LogP contribution in [-0.2, 0) is 0 Å². The second-order valence-corrected chi connectivity index (χ2v) is 4.52. The highest BCUT2D eigenvalue weighted by Crippen LogP contribution is 2.33. The molecule has 0 heterocycles. The van der Waals surface area contributed by atoms with Crippen LogP contribution in [0.5, 0.6) is 0 Å². The van der Waals surface area contributed by atoms with Crippen LogP contribution in [0, 0.1) is 5.92 Å². The lowest BCUT2D eigenvalue weighted by Gasteiger charge is -2.33. The SMILES string of the molecule is C/C=C(\C)C(O)(C[C@@H](C)CC)/C(C)=C/C. The van der Waals surface area contributed by atoms with Gasteiger partial charge in [0.2, 0.25) is 0 Å². The van der Waals surface area contributed by atoms with Gasteiger partial charge in [0.1, 0.15) is 5.60 Å². The van der Waals surface area contributed by atoms with Crippen molar-refractivity contribution in [3.05, 3.63) is 23.3 Å². The van der Waals surface area contributed by atoms with Gasteiger partial charge in [0.25, 0.3) is 0 Å². The van der Waals surface area contributed by atoms with E-state index in [1.807, 2.05) is 39.8 Å². The van der Waals surface area contributed by atoms with Crippen LogP contribution in [0.15, 0.2) is 23.3 Å². The maximum absolute atomic E-state index is 10.7. The molecular weight excluding hydrogens is 184 g/mol. The topological polar surface area (TPSA) is 20.2 Å². The standard InChI is InChI=1S/C14H26O/c1-7-11(4)10-14(15,12(5)8-2)13(6)9-3/h8-9,11,15H,7,10H2,1-6H3/b12-8+,13-9+/t11-/m0/s1. The first-order valence-corrected chi connectivity index (χ1v) is 5.91. The minimum absolute atomic E-state index is 0.541. The summed E-state index contributed by atoms with van der Waals surface area (Å²) >= 11 is 0. The van der Waals surface area contributed by atoms with Gasteiger partial charge in [0.05, 0.1) is 0 Å². The minimum Gasteiger partial charge on any atom is -0.381 e. The van der Waals surface area contributed by atoms with Crippen molar-refractivity contribution in [2.45, 2.75) is 60.0 Å². The van der Waals surface area contributed by atoms with Crippen molar-refractivity contribution in [1.29, 1.82) is 0 Å². The van der Waals surface area contributed by atoms with E-state index < -0.39 is 5.60 Å². The molecule has 0 amide bonds. The zero-order chi connectivity index (χ0) is 12.1. The number of rotatable bonds is 5. The molecule has 1 heteroatoms. The predicted molar refractivity (Wildman–Crippen MR) is 67.9 cm³/mol. The third-order valence-corrected chi connectivity index (χ3v) is 3.51. The van der Waals surface area contributed by atoms with Gasteiger partial charge in [-0.1, -0.05) is 32.4 Å². The first kappa shape index (κ1) is 14.4. The van der Waals surface area contributed by atoms with Crippen LogP contribution in [0.4, 0.5) is 0 Å². The summed E-state index contributed by atoms with van der Waals surface area (Å²) in [5, 5.41) is 10.7. The van der Waals surface area contributed by atoms with Crippen molar-refractivity contribution in [3.63, 3.8) is 0 Å². The van der Waals surface area contributed by atoms with E-state index in [2.05, 4.69) is 13.8 Å². The van der Waals surface area contributed by atoms with E-state index in [9.17, 15) is 5.11 Å². The van der Waals surface area contributed by atoms with Crippen molar-refractivity contribution in [1.82, 2.24) is 0 Å². The summed E-state index contributed by atoms with van der Waals surface area (Å²) in [6, 6.07) is 0. The number of hydrogen-bond donors (Lipinski definition) is 1. The Morgan fingerprint density at radius 3 is 1.87 bits per heavy atom. The average molecular weight is 210 g/mol. The lowest BCUT2D eigenvalue weighted by atomic mass is 9.79. The largest absolute Gasteiger partial charge is 0.381 e. The lowest BCUT2D eigenvalue weighted by molar-refractivity contribution is 0.0886. The molecule has 0 spiro atoms. The third-order valence-electron chi connectivity index (χ3n) is 3.51. The molecule has 0 saturated heterocycles. The minimum atomic E-state index is -0.737. The summed E-state index contributed by atoms with van der Waals surface area (Å²) in [6.07, 6.45) is 5.94. The van der Waals surface area contributed by atoms with Crippen LogP contribution >= 0.6 is 0 Å². The smallest absolute Gasteiger partial charge is 0.106 e. The van der Waals surface area contributed by atoms with E-state index in [-0.39, 0.29) is 0 Å². The van der Waals surface area contributed by atoms with Crippen molar-refractivity contribution >= 4 is 0 Å². The monoisotopic (exact) mass is 210 g/mol. The van der Waals surface area contributed by atoms with E-state index in [0.29, 0.717) is 5.92 Å². The second kappa shape index (κ2) is 6.12. The number of allylic oxidation sites excluding steroid dienone is 2. The quantitative estimate of drug-likeness (QED) is 0.678. The summed E-state index contributed by atoms with van der Waals surface area (Å²) in [5.41, 5.74) is 1.37. The fourth-order valence-corrected chi connectivity index (χ4v) is 1.76. The van der Waals surface area contributed by atoms with Gasteiger partial charge in [-0.15, -0.1) is 0 Å². The zero-order valence-electron chi connectivity index (χ0n) is 11.1. The molecule has 0 aliphatic rings. The summed E-state index contributed by atoms with van der Waals surface area (Å²) in [4.78, 5) is 0. The predicted octanol–water partition coefficient (Wildman–Crippen LogP) is 4.09. The summed E-state index contributed by atoms with van der Waals surface area (Å²) in [6.45, 7) is 12.3. The molecule has 0 aliphatic heterocycles. The Hall–Kier alpha value is -0.560. The van der Waals surface area contributed by atoms with E-state index in [1.165, 1.54) is 0 Å². The Kier molecular flexibility index (Phi) is 5.89. The molecule has 1 nitrogen and oxygen atoms in total. The molecule has 0 unspecified atom stereocenters. The fraction of sp³-hybridized carbons (Fsp3) is 0.714. The molecule has 0 fully saturated rings. The number of aliphatic hydroxyl groups is 1. The second-order valence-electron chi connectivity index (χ2n) is 4.52. The first-order chi connectivity index (χ1) is 6.92. The maximum Gasteiger partial charge on any atom is 0.106 e. The Morgan fingerprint density at radius 2 is 1.60 bits per heavy atom. The van der Waals surface area contributed by atoms with Crippen molar-refractivity contribution < 1.29 is 5.11 Å². The van der Waals surface area contributed by atoms with Crippen LogP contribution < -0.4 is 0 Å². The Labute approximate surface area is 94.9 Å². The molecule has 0 aromatic rings. The van der Waals surface area contributed by atoms with Gasteiger partial charge in [-0.05, 0) is 51.2 Å². The van der Waals surface area contributed by atoms with Gasteiger partial charge in [-0.3, -0.25) is 0 Å². The molecule has 0 saturated carbocycles. The maximum atomic E-state index is 10.7. The normalized spacial score (nSPS) is 19.9. The van der Waals surface area contributed by atoms with Crippen LogP contribution in [0.1, 0.15) is 54.4 Å². The molecule has 0 aromatic heterocycles. The van der Waals surface area contributed by atoms with Gasteiger partial charge >= 0.3 is 0 Å². The van der Waals surface area contributed by atoms with Crippen molar-refractivity contribution in [2.75, 3.05) is 0 Å². The lowest BCUT2D eigenvalue weighted by Crippen LogP contribution is -2.33. The molecule has 0 aromatic carbocycles. The molecule has 0 aliphatic carbocycles. The van der Waals surface area contributed by atoms with E-state index in [0.717, 1.165) is 24.0 Å². The highest BCUT2D eigenvalue weighted by atomic mass is 16.3. The van der Waals surface area contributed by atoms with Crippen LogP contribution in [0.3, 0.4) is 0 Å². The van der Waals surface area contributed by atoms with Gasteiger partial charge in [0.15, 0.2) is 0 Å². The van der Waals surface area contributed by atoms with Crippen molar-refractivity contribution in [3.8, 4) is 0 Å². The number of hydrogen-bond acceptors (Lipinski definition) is 1. The molecular formula is C14H26O. The molecule has 0 rings (SSSR count). The zero-order valence-corrected chi connectivity index (χ0v) is 11.1. The van der Waals surface area contributed by atoms with Gasteiger partial charge in [0, 0.05) is 0 Å². The summed E-state index contributed by atoms with van der Waals surface area (Å²) in [7, 11) is 0. The Balaban J connectivity index is 5.04. The summed E-state index contributed by atoms with van der Waals surface area (Å²) < 4.78 is 0. The van der Waals surface area contributed by atoms with Gasteiger partial charge in [-0.2, -0.15) is 0 Å². The fourth-order valence-electron chi connectivity index (χ4n) is 1.76. The van der Waals surface area contributed by atoms with Gasteiger partial charge < -0.3 is 5.11 Å². The van der Waals surface area contributed by atoms with E-state index in [1.54, 1.807) is 0 Å². The molecule has 15 heavy (non-hydrogen) atoms.